The quantitative estimate of drug-likeness (QED) is 0.693. The highest BCUT2D eigenvalue weighted by molar-refractivity contribution is 5.84. The van der Waals surface area contributed by atoms with Crippen LogP contribution in [-0.2, 0) is 0 Å². The number of halogens is 1. The lowest BCUT2D eigenvalue weighted by Gasteiger charge is -2.04. The predicted octanol–water partition coefficient (Wildman–Crippen LogP) is 3.19. The summed E-state index contributed by atoms with van der Waals surface area (Å²) in [5.41, 5.74) is 3.24. The average Bonchev–Trinajstić information content (AvgIpc) is 2.92. The number of para-hydroxylation sites is 1. The van der Waals surface area contributed by atoms with Crippen molar-refractivity contribution < 1.29 is 9.18 Å². The molecule has 1 aromatic carbocycles. The van der Waals surface area contributed by atoms with Gasteiger partial charge in [0.05, 0.1) is 23.1 Å². The Hall–Kier alpha value is -2.82. The summed E-state index contributed by atoms with van der Waals surface area (Å²) in [5, 5.41) is 4.41. The second-order valence-electron chi connectivity index (χ2n) is 4.64. The van der Waals surface area contributed by atoms with E-state index in [0.29, 0.717) is 17.0 Å². The van der Waals surface area contributed by atoms with Crippen LogP contribution in [0.4, 0.5) is 4.39 Å². The lowest BCUT2D eigenvalue weighted by molar-refractivity contribution is 0.112. The van der Waals surface area contributed by atoms with Gasteiger partial charge >= 0.3 is 0 Å². The molecule has 0 aliphatic rings. The highest BCUT2D eigenvalue weighted by atomic mass is 19.1. The molecular formula is C16H12FN3O. The van der Waals surface area contributed by atoms with Crippen LogP contribution in [0, 0.1) is 12.7 Å². The summed E-state index contributed by atoms with van der Waals surface area (Å²) < 4.78 is 14.6. The Morgan fingerprint density at radius 1 is 1.19 bits per heavy atom. The first-order valence-electron chi connectivity index (χ1n) is 6.42. The summed E-state index contributed by atoms with van der Waals surface area (Å²) in [5.74, 6) is -0.426. The molecule has 2 aromatic heterocycles. The van der Waals surface area contributed by atoms with Crippen LogP contribution < -0.4 is 0 Å². The van der Waals surface area contributed by atoms with E-state index in [1.807, 2.05) is 31.2 Å². The van der Waals surface area contributed by atoms with Gasteiger partial charge < -0.3 is 0 Å². The maximum absolute atomic E-state index is 13.0. The molecule has 0 bridgehead atoms. The van der Waals surface area contributed by atoms with Crippen LogP contribution in [0.1, 0.15) is 15.9 Å². The van der Waals surface area contributed by atoms with Gasteiger partial charge in [0.25, 0.3) is 0 Å². The van der Waals surface area contributed by atoms with Crippen LogP contribution >= 0.6 is 0 Å². The molecule has 3 aromatic rings. The van der Waals surface area contributed by atoms with Crippen molar-refractivity contribution in [3.63, 3.8) is 0 Å². The van der Waals surface area contributed by atoms with Gasteiger partial charge in [-0.2, -0.15) is 5.10 Å². The molecule has 5 heteroatoms. The standard InChI is InChI=1S/C16H12FN3O/c1-11-4-2-3-5-15(11)20-9-12(10-21)16(19-20)14-7-6-13(17)8-18-14/h2-10H,1H3. The van der Waals surface area contributed by atoms with Gasteiger partial charge in [-0.15, -0.1) is 0 Å². The summed E-state index contributed by atoms with van der Waals surface area (Å²) in [4.78, 5) is 15.2. The maximum atomic E-state index is 13.0. The van der Waals surface area contributed by atoms with E-state index in [9.17, 15) is 9.18 Å². The first-order chi connectivity index (χ1) is 10.2. The van der Waals surface area contributed by atoms with E-state index < -0.39 is 5.82 Å². The lowest BCUT2D eigenvalue weighted by Crippen LogP contribution is -1.97. The Balaban J connectivity index is 2.13. The van der Waals surface area contributed by atoms with E-state index in [2.05, 4.69) is 10.1 Å². The van der Waals surface area contributed by atoms with Crippen LogP contribution in [-0.4, -0.2) is 21.1 Å². The normalized spacial score (nSPS) is 10.6. The van der Waals surface area contributed by atoms with E-state index in [1.165, 1.54) is 12.1 Å². The minimum absolute atomic E-state index is 0.414. The minimum Gasteiger partial charge on any atom is -0.298 e. The van der Waals surface area contributed by atoms with Crippen molar-refractivity contribution in [1.29, 1.82) is 0 Å². The molecule has 4 nitrogen and oxygen atoms in total. The summed E-state index contributed by atoms with van der Waals surface area (Å²) in [6, 6.07) is 10.5. The highest BCUT2D eigenvalue weighted by Crippen LogP contribution is 2.22. The van der Waals surface area contributed by atoms with E-state index in [0.717, 1.165) is 23.7 Å². The minimum atomic E-state index is -0.426. The molecule has 21 heavy (non-hydrogen) atoms. The number of nitrogens with zero attached hydrogens (tertiary/aromatic N) is 3. The van der Waals surface area contributed by atoms with E-state index in [-0.39, 0.29) is 0 Å². The largest absolute Gasteiger partial charge is 0.298 e. The van der Waals surface area contributed by atoms with E-state index >= 15 is 0 Å². The number of carbonyl (C=O) groups excluding carboxylic acids is 1. The van der Waals surface area contributed by atoms with Crippen LogP contribution in [0.2, 0.25) is 0 Å². The maximum Gasteiger partial charge on any atom is 0.153 e. The summed E-state index contributed by atoms with van der Waals surface area (Å²) in [6.07, 6.45) is 3.48. The number of carbonyl (C=O) groups is 1. The molecule has 0 spiro atoms. The number of benzene rings is 1. The van der Waals surface area contributed by atoms with E-state index in [1.54, 1.807) is 10.9 Å². The molecule has 0 unspecified atom stereocenters. The van der Waals surface area contributed by atoms with E-state index in [4.69, 9.17) is 0 Å². The molecule has 2 heterocycles. The Labute approximate surface area is 120 Å². The second-order valence-corrected chi connectivity index (χ2v) is 4.64. The fourth-order valence-electron chi connectivity index (χ4n) is 2.13. The van der Waals surface area contributed by atoms with Crippen LogP contribution in [0.5, 0.6) is 0 Å². The molecule has 0 aliphatic heterocycles. The van der Waals surface area contributed by atoms with Gasteiger partial charge in [0.1, 0.15) is 11.5 Å². The first-order valence-corrected chi connectivity index (χ1v) is 6.42. The van der Waals surface area contributed by atoms with Gasteiger partial charge in [-0.25, -0.2) is 9.07 Å². The van der Waals surface area contributed by atoms with Crippen molar-refractivity contribution in [2.45, 2.75) is 6.92 Å². The Kier molecular flexibility index (Phi) is 3.31. The molecular weight excluding hydrogens is 269 g/mol. The predicted molar refractivity (Wildman–Crippen MR) is 76.9 cm³/mol. The number of aldehydes is 1. The molecule has 0 saturated heterocycles. The fraction of sp³-hybridized carbons (Fsp3) is 0.0625. The molecule has 0 N–H and O–H groups in total. The van der Waals surface area contributed by atoms with Crippen molar-refractivity contribution in [3.8, 4) is 17.1 Å². The topological polar surface area (TPSA) is 47.8 Å². The third-order valence-electron chi connectivity index (χ3n) is 3.20. The number of aromatic nitrogens is 3. The van der Waals surface area contributed by atoms with Crippen LogP contribution in [0.15, 0.2) is 48.8 Å². The average molecular weight is 281 g/mol. The molecule has 0 radical (unpaired) electrons. The Morgan fingerprint density at radius 3 is 2.67 bits per heavy atom. The summed E-state index contributed by atoms with van der Waals surface area (Å²) in [7, 11) is 0. The smallest absolute Gasteiger partial charge is 0.153 e. The molecule has 0 fully saturated rings. The monoisotopic (exact) mass is 281 g/mol. The van der Waals surface area contributed by atoms with Crippen molar-refractivity contribution in [2.75, 3.05) is 0 Å². The number of pyridine rings is 1. The zero-order valence-electron chi connectivity index (χ0n) is 11.3. The third-order valence-corrected chi connectivity index (χ3v) is 3.20. The van der Waals surface area contributed by atoms with Gasteiger partial charge in [-0.05, 0) is 30.7 Å². The molecule has 0 aliphatic carbocycles. The Bertz CT molecular complexity index is 794. The Morgan fingerprint density at radius 2 is 2.00 bits per heavy atom. The summed E-state index contributed by atoms with van der Waals surface area (Å²) >= 11 is 0. The van der Waals surface area contributed by atoms with Crippen molar-refractivity contribution in [2.24, 2.45) is 0 Å². The molecule has 0 saturated carbocycles. The van der Waals surface area contributed by atoms with Crippen molar-refractivity contribution >= 4 is 6.29 Å². The number of aryl methyl sites for hydroxylation is 1. The van der Waals surface area contributed by atoms with Crippen LogP contribution in [0.3, 0.4) is 0 Å². The van der Waals surface area contributed by atoms with Gasteiger partial charge in [-0.1, -0.05) is 18.2 Å². The first kappa shape index (κ1) is 13.2. The molecule has 0 amide bonds. The number of hydrogen-bond donors (Lipinski definition) is 0. The molecule has 104 valence electrons. The zero-order chi connectivity index (χ0) is 14.8. The third kappa shape index (κ3) is 2.45. The summed E-state index contributed by atoms with van der Waals surface area (Å²) in [6.45, 7) is 1.97. The molecule has 0 atom stereocenters. The highest BCUT2D eigenvalue weighted by Gasteiger charge is 2.13. The zero-order valence-corrected chi connectivity index (χ0v) is 11.3. The van der Waals surface area contributed by atoms with Crippen molar-refractivity contribution in [1.82, 2.24) is 14.8 Å². The number of rotatable bonds is 3. The van der Waals surface area contributed by atoms with Gasteiger partial charge in [0, 0.05) is 6.20 Å². The van der Waals surface area contributed by atoms with Crippen LogP contribution in [0.25, 0.3) is 17.1 Å². The van der Waals surface area contributed by atoms with Gasteiger partial charge in [-0.3, -0.25) is 9.78 Å². The van der Waals surface area contributed by atoms with Gasteiger partial charge in [0.2, 0.25) is 0 Å². The molecule has 3 rings (SSSR count). The number of hydrogen-bond acceptors (Lipinski definition) is 3. The second kappa shape index (κ2) is 5.28. The van der Waals surface area contributed by atoms with Gasteiger partial charge in [0.15, 0.2) is 6.29 Å². The van der Waals surface area contributed by atoms with Crippen molar-refractivity contribution in [3.05, 3.63) is 65.7 Å². The SMILES string of the molecule is Cc1ccccc1-n1cc(C=O)c(-c2ccc(F)cn2)n1. The fourth-order valence-corrected chi connectivity index (χ4v) is 2.13. The lowest BCUT2D eigenvalue weighted by atomic mass is 10.2.